The smallest absolute Gasteiger partial charge is 0.253 e. The number of hydrogen-bond donors (Lipinski definition) is 0. The van der Waals surface area contributed by atoms with Crippen molar-refractivity contribution >= 4 is 5.91 Å². The highest BCUT2D eigenvalue weighted by Gasteiger charge is 2.38. The van der Waals surface area contributed by atoms with Crippen molar-refractivity contribution in [3.63, 3.8) is 0 Å². The van der Waals surface area contributed by atoms with Crippen LogP contribution >= 0.6 is 0 Å². The Morgan fingerprint density at radius 2 is 1.56 bits per heavy atom. The number of rotatable bonds is 6. The summed E-state index contributed by atoms with van der Waals surface area (Å²) in [5, 5.41) is 9.14. The number of nitrogens with zero attached hydrogens (tertiary/aromatic N) is 3. The van der Waals surface area contributed by atoms with Crippen LogP contribution < -0.4 is 4.74 Å². The fourth-order valence-corrected chi connectivity index (χ4v) is 5.53. The second-order valence-corrected chi connectivity index (χ2v) is 10.1. The van der Waals surface area contributed by atoms with Crippen LogP contribution in [0.1, 0.15) is 52.7 Å². The zero-order valence-corrected chi connectivity index (χ0v) is 20.7. The zero-order valence-electron chi connectivity index (χ0n) is 20.7. The van der Waals surface area contributed by atoms with E-state index in [2.05, 4.69) is 41.3 Å². The van der Waals surface area contributed by atoms with Gasteiger partial charge in [0, 0.05) is 30.8 Å². The lowest BCUT2D eigenvalue weighted by Gasteiger charge is -2.47. The largest absolute Gasteiger partial charge is 0.489 e. The molecule has 3 aromatic carbocycles. The van der Waals surface area contributed by atoms with Gasteiger partial charge in [-0.15, -0.1) is 0 Å². The highest BCUT2D eigenvalue weighted by atomic mass is 16.5. The van der Waals surface area contributed by atoms with Gasteiger partial charge >= 0.3 is 0 Å². The first-order valence-electron chi connectivity index (χ1n) is 12.9. The molecule has 36 heavy (non-hydrogen) atoms. The van der Waals surface area contributed by atoms with Crippen LogP contribution in [-0.2, 0) is 13.2 Å². The zero-order chi connectivity index (χ0) is 24.8. The van der Waals surface area contributed by atoms with Crippen molar-refractivity contribution in [1.82, 2.24) is 9.80 Å². The fourth-order valence-electron chi connectivity index (χ4n) is 5.53. The topological polar surface area (TPSA) is 56.6 Å². The number of likely N-dealkylation sites (tertiary alicyclic amines) is 2. The second kappa shape index (κ2) is 11.0. The van der Waals surface area contributed by atoms with Crippen LogP contribution in [0.4, 0.5) is 0 Å². The Bertz CT molecular complexity index is 1220. The summed E-state index contributed by atoms with van der Waals surface area (Å²) in [6, 6.07) is 27.8. The lowest BCUT2D eigenvalue weighted by atomic mass is 9.71. The van der Waals surface area contributed by atoms with Gasteiger partial charge in [-0.05, 0) is 74.0 Å². The highest BCUT2D eigenvalue weighted by Crippen LogP contribution is 2.42. The standard InChI is InChI=1S/C31H33N3O2/c32-22-26-9-6-11-27(21-26)30(35)34-19-15-31(16-20-34)13-17-33(18-14-31)23-28-10-4-5-12-29(28)36-24-25-7-2-1-3-8-25/h1-12,21H,13-20,23-24H2. The third-order valence-corrected chi connectivity index (χ3v) is 7.87. The summed E-state index contributed by atoms with van der Waals surface area (Å²) in [5.74, 6) is 1.01. The van der Waals surface area contributed by atoms with E-state index in [1.807, 2.05) is 35.2 Å². The van der Waals surface area contributed by atoms with Crippen LogP contribution in [0.2, 0.25) is 0 Å². The molecule has 0 bridgehead atoms. The van der Waals surface area contributed by atoms with Crippen LogP contribution in [0.3, 0.4) is 0 Å². The molecule has 0 aliphatic carbocycles. The van der Waals surface area contributed by atoms with E-state index in [-0.39, 0.29) is 5.91 Å². The minimum atomic E-state index is 0.0477. The first-order chi connectivity index (χ1) is 17.6. The lowest BCUT2D eigenvalue weighted by molar-refractivity contribution is 0.0283. The van der Waals surface area contributed by atoms with Crippen molar-refractivity contribution in [1.29, 1.82) is 5.26 Å². The van der Waals surface area contributed by atoms with E-state index in [1.165, 1.54) is 24.0 Å². The molecule has 2 heterocycles. The second-order valence-electron chi connectivity index (χ2n) is 10.1. The first kappa shape index (κ1) is 24.1. The van der Waals surface area contributed by atoms with Gasteiger partial charge in [-0.25, -0.2) is 0 Å². The maximum atomic E-state index is 13.0. The molecule has 184 valence electrons. The molecule has 2 aliphatic heterocycles. The monoisotopic (exact) mass is 479 g/mol. The van der Waals surface area contributed by atoms with Crippen LogP contribution in [0.15, 0.2) is 78.9 Å². The normalized spacial score (nSPS) is 17.5. The Morgan fingerprint density at radius 3 is 2.31 bits per heavy atom. The molecule has 0 N–H and O–H groups in total. The Kier molecular flexibility index (Phi) is 7.34. The SMILES string of the molecule is N#Cc1cccc(C(=O)N2CCC3(CCN(Cc4ccccc4OCc4ccccc4)CC3)CC2)c1. The summed E-state index contributed by atoms with van der Waals surface area (Å²) >= 11 is 0. The van der Waals surface area contributed by atoms with Gasteiger partial charge in [0.05, 0.1) is 11.6 Å². The van der Waals surface area contributed by atoms with Gasteiger partial charge in [-0.2, -0.15) is 5.26 Å². The summed E-state index contributed by atoms with van der Waals surface area (Å²) in [5.41, 5.74) is 3.91. The molecular formula is C31H33N3O2. The molecule has 5 nitrogen and oxygen atoms in total. The summed E-state index contributed by atoms with van der Waals surface area (Å²) < 4.78 is 6.18. The minimum absolute atomic E-state index is 0.0477. The van der Waals surface area contributed by atoms with Crippen molar-refractivity contribution in [2.24, 2.45) is 5.41 Å². The number of amides is 1. The molecule has 0 radical (unpaired) electrons. The number of hydrogen-bond acceptors (Lipinski definition) is 4. The molecule has 5 rings (SSSR count). The van der Waals surface area contributed by atoms with Crippen molar-refractivity contribution in [2.75, 3.05) is 26.2 Å². The third-order valence-electron chi connectivity index (χ3n) is 7.87. The highest BCUT2D eigenvalue weighted by molar-refractivity contribution is 5.94. The van der Waals surface area contributed by atoms with Gasteiger partial charge in [0.15, 0.2) is 0 Å². The Morgan fingerprint density at radius 1 is 0.861 bits per heavy atom. The Labute approximate surface area is 213 Å². The molecule has 2 fully saturated rings. The first-order valence-corrected chi connectivity index (χ1v) is 12.9. The molecule has 0 atom stereocenters. The van der Waals surface area contributed by atoms with E-state index < -0.39 is 0 Å². The predicted octanol–water partition coefficient (Wildman–Crippen LogP) is 5.66. The number of piperidine rings is 2. The molecule has 0 saturated carbocycles. The van der Waals surface area contributed by atoms with Gasteiger partial charge in [0.1, 0.15) is 12.4 Å². The van der Waals surface area contributed by atoms with E-state index in [9.17, 15) is 4.79 Å². The quantitative estimate of drug-likeness (QED) is 0.458. The maximum absolute atomic E-state index is 13.0. The molecule has 1 spiro atoms. The molecule has 3 aromatic rings. The molecule has 2 saturated heterocycles. The Hall–Kier alpha value is -3.62. The molecular weight excluding hydrogens is 446 g/mol. The minimum Gasteiger partial charge on any atom is -0.489 e. The van der Waals surface area contributed by atoms with Gasteiger partial charge in [0.2, 0.25) is 0 Å². The predicted molar refractivity (Wildman–Crippen MR) is 140 cm³/mol. The number of carbonyl (C=O) groups is 1. The van der Waals surface area contributed by atoms with E-state index >= 15 is 0 Å². The number of nitriles is 1. The van der Waals surface area contributed by atoms with Crippen LogP contribution in [0.25, 0.3) is 0 Å². The summed E-state index contributed by atoms with van der Waals surface area (Å²) in [4.78, 5) is 17.5. The van der Waals surface area contributed by atoms with E-state index in [1.54, 1.807) is 18.2 Å². The molecule has 1 amide bonds. The maximum Gasteiger partial charge on any atom is 0.253 e. The fraction of sp³-hybridized carbons (Fsp3) is 0.355. The number of benzene rings is 3. The van der Waals surface area contributed by atoms with Crippen LogP contribution in [-0.4, -0.2) is 41.9 Å². The van der Waals surface area contributed by atoms with Gasteiger partial charge in [0.25, 0.3) is 5.91 Å². The van der Waals surface area contributed by atoms with E-state index in [0.717, 1.165) is 51.3 Å². The third kappa shape index (κ3) is 5.61. The van der Waals surface area contributed by atoms with Crippen molar-refractivity contribution in [3.8, 4) is 11.8 Å². The number of carbonyl (C=O) groups excluding carboxylic acids is 1. The van der Waals surface area contributed by atoms with Gasteiger partial charge in [-0.3, -0.25) is 9.69 Å². The summed E-state index contributed by atoms with van der Waals surface area (Å²) in [6.07, 6.45) is 4.46. The van der Waals surface area contributed by atoms with Crippen LogP contribution in [0, 0.1) is 16.7 Å². The van der Waals surface area contributed by atoms with Gasteiger partial charge in [-0.1, -0.05) is 54.6 Å². The number of ether oxygens (including phenoxy) is 1. The van der Waals surface area contributed by atoms with E-state index in [4.69, 9.17) is 10.00 Å². The van der Waals surface area contributed by atoms with Crippen molar-refractivity contribution in [3.05, 3.63) is 101 Å². The molecule has 0 unspecified atom stereocenters. The molecule has 2 aliphatic rings. The number of para-hydroxylation sites is 1. The average Bonchev–Trinajstić information content (AvgIpc) is 2.94. The summed E-state index contributed by atoms with van der Waals surface area (Å²) in [6.45, 7) is 5.23. The van der Waals surface area contributed by atoms with Crippen LogP contribution in [0.5, 0.6) is 5.75 Å². The molecule has 5 heteroatoms. The van der Waals surface area contributed by atoms with Gasteiger partial charge < -0.3 is 9.64 Å². The molecule has 0 aromatic heterocycles. The summed E-state index contributed by atoms with van der Waals surface area (Å²) in [7, 11) is 0. The van der Waals surface area contributed by atoms with Crippen molar-refractivity contribution < 1.29 is 9.53 Å². The lowest BCUT2D eigenvalue weighted by Crippen LogP contribution is -2.48. The van der Waals surface area contributed by atoms with Crippen molar-refractivity contribution in [2.45, 2.75) is 38.8 Å². The van der Waals surface area contributed by atoms with E-state index in [0.29, 0.717) is 23.1 Å². The Balaban J connectivity index is 1.13. The average molecular weight is 480 g/mol.